The number of nitrogens with one attached hydrogen (secondary N) is 3. The number of rotatable bonds is 5. The summed E-state index contributed by atoms with van der Waals surface area (Å²) >= 11 is 0. The van der Waals surface area contributed by atoms with Crippen molar-refractivity contribution < 1.29 is 9.18 Å². The number of aromatic nitrogens is 4. The average Bonchev–Trinajstić information content (AvgIpc) is 3.16. The number of amides is 1. The summed E-state index contributed by atoms with van der Waals surface area (Å²) < 4.78 is 15.7. The van der Waals surface area contributed by atoms with E-state index < -0.39 is 18.1 Å². The van der Waals surface area contributed by atoms with Crippen molar-refractivity contribution in [1.29, 1.82) is 0 Å². The molecule has 4 rings (SSSR count). The minimum absolute atomic E-state index is 0.181. The molecule has 1 amide bonds. The van der Waals surface area contributed by atoms with Gasteiger partial charge in [0.1, 0.15) is 6.17 Å². The highest BCUT2D eigenvalue weighted by Gasteiger charge is 2.39. The molecule has 0 aromatic carbocycles. The van der Waals surface area contributed by atoms with Crippen LogP contribution in [-0.4, -0.2) is 44.4 Å². The van der Waals surface area contributed by atoms with E-state index in [4.69, 9.17) is 0 Å². The first-order valence-corrected chi connectivity index (χ1v) is 8.44. The molecule has 3 aromatic heterocycles. The summed E-state index contributed by atoms with van der Waals surface area (Å²) in [6, 6.07) is 4.67. The van der Waals surface area contributed by atoms with Crippen molar-refractivity contribution in [3.63, 3.8) is 0 Å². The van der Waals surface area contributed by atoms with Crippen LogP contribution in [0.5, 0.6) is 0 Å². The molecule has 3 N–H and O–H groups in total. The van der Waals surface area contributed by atoms with Crippen LogP contribution in [0.15, 0.2) is 35.4 Å². The van der Waals surface area contributed by atoms with Gasteiger partial charge < -0.3 is 10.6 Å². The van der Waals surface area contributed by atoms with Gasteiger partial charge >= 0.3 is 0 Å². The van der Waals surface area contributed by atoms with Gasteiger partial charge in [0.15, 0.2) is 17.2 Å². The Balaban J connectivity index is 1.73. The Kier molecular flexibility index (Phi) is 4.02. The van der Waals surface area contributed by atoms with Gasteiger partial charge in [0.2, 0.25) is 0 Å². The van der Waals surface area contributed by atoms with Gasteiger partial charge in [0, 0.05) is 31.3 Å². The van der Waals surface area contributed by atoms with Gasteiger partial charge in [0.25, 0.3) is 11.5 Å². The van der Waals surface area contributed by atoms with Crippen molar-refractivity contribution >= 4 is 23.1 Å². The molecule has 0 unspecified atom stereocenters. The predicted octanol–water partition coefficient (Wildman–Crippen LogP) is 0.957. The summed E-state index contributed by atoms with van der Waals surface area (Å²) in [5.41, 5.74) is 4.51. The summed E-state index contributed by atoms with van der Waals surface area (Å²) in [4.78, 5) is 28.8. The molecule has 0 bridgehead atoms. The zero-order valence-electron chi connectivity index (χ0n) is 14.7. The highest BCUT2D eigenvalue weighted by atomic mass is 19.1. The molecule has 27 heavy (non-hydrogen) atoms. The summed E-state index contributed by atoms with van der Waals surface area (Å²) in [5.74, 6) is -0.117. The lowest BCUT2D eigenvalue weighted by Gasteiger charge is -2.12. The molecule has 0 spiro atoms. The third-order valence-corrected chi connectivity index (χ3v) is 4.37. The minimum atomic E-state index is -1.00. The van der Waals surface area contributed by atoms with Crippen LogP contribution in [0.25, 0.3) is 5.65 Å². The van der Waals surface area contributed by atoms with Crippen LogP contribution in [0.3, 0.4) is 0 Å². The second-order valence-electron chi connectivity index (χ2n) is 6.38. The minimum Gasteiger partial charge on any atom is -0.385 e. The molecule has 0 saturated heterocycles. The zero-order valence-corrected chi connectivity index (χ0v) is 14.7. The quantitative estimate of drug-likeness (QED) is 0.617. The Morgan fingerprint density at radius 3 is 2.89 bits per heavy atom. The Morgan fingerprint density at radius 1 is 1.41 bits per heavy atom. The molecular weight excluding hydrogens is 353 g/mol. The van der Waals surface area contributed by atoms with E-state index >= 15 is 0 Å². The SMILES string of the molecule is CNc1cc(Nn2cccc(C)c2=O)nn2c(C(=O)N[C@@H]3C[C@@H]3F)cnc12. The van der Waals surface area contributed by atoms with Gasteiger partial charge in [-0.15, -0.1) is 5.10 Å². The lowest BCUT2D eigenvalue weighted by molar-refractivity contribution is 0.0940. The van der Waals surface area contributed by atoms with Gasteiger partial charge in [-0.2, -0.15) is 0 Å². The normalized spacial score (nSPS) is 18.3. The van der Waals surface area contributed by atoms with Crippen LogP contribution < -0.4 is 21.6 Å². The standard InChI is InChI=1S/C17H18FN7O2/c1-9-4-3-5-24(17(9)27)22-14-7-12(19-2)15-20-8-13(25(15)23-14)16(26)21-11-6-10(11)18/h3-5,7-8,10-11,19H,6H2,1-2H3,(H,21,26)(H,22,23)/t10-,11+/m0/s1. The smallest absolute Gasteiger partial charge is 0.272 e. The summed E-state index contributed by atoms with van der Waals surface area (Å²) in [7, 11) is 1.71. The number of anilines is 2. The summed E-state index contributed by atoms with van der Waals surface area (Å²) in [6.45, 7) is 1.71. The average molecular weight is 371 g/mol. The maximum absolute atomic E-state index is 13.1. The van der Waals surface area contributed by atoms with Crippen LogP contribution in [0.1, 0.15) is 22.5 Å². The molecule has 0 aliphatic heterocycles. The molecule has 1 fully saturated rings. The van der Waals surface area contributed by atoms with E-state index in [9.17, 15) is 14.0 Å². The van der Waals surface area contributed by atoms with E-state index in [1.54, 1.807) is 38.4 Å². The van der Waals surface area contributed by atoms with Gasteiger partial charge in [-0.25, -0.2) is 18.6 Å². The van der Waals surface area contributed by atoms with Crippen molar-refractivity contribution in [2.45, 2.75) is 25.6 Å². The number of aryl methyl sites for hydroxylation is 1. The number of fused-ring (bicyclic) bond motifs is 1. The number of carbonyl (C=O) groups excluding carboxylic acids is 1. The molecule has 3 aromatic rings. The van der Waals surface area contributed by atoms with Gasteiger partial charge in [-0.05, 0) is 13.0 Å². The van der Waals surface area contributed by atoms with Crippen LogP contribution in [0, 0.1) is 6.92 Å². The maximum Gasteiger partial charge on any atom is 0.272 e. The Bertz CT molecular complexity index is 1090. The van der Waals surface area contributed by atoms with E-state index in [0.717, 1.165) is 0 Å². The number of hydrogen-bond acceptors (Lipinski definition) is 6. The van der Waals surface area contributed by atoms with Crippen LogP contribution in [0.2, 0.25) is 0 Å². The lowest BCUT2D eigenvalue weighted by Crippen LogP contribution is -2.29. The third kappa shape index (κ3) is 3.09. The number of hydrogen-bond donors (Lipinski definition) is 3. The number of nitrogens with zero attached hydrogens (tertiary/aromatic N) is 4. The lowest BCUT2D eigenvalue weighted by atomic mass is 10.3. The maximum atomic E-state index is 13.1. The second kappa shape index (κ2) is 6.38. The molecule has 1 saturated carbocycles. The Labute approximate surface area is 153 Å². The predicted molar refractivity (Wildman–Crippen MR) is 97.8 cm³/mol. The summed E-state index contributed by atoms with van der Waals surface area (Å²) in [5, 5.41) is 9.97. The molecular formula is C17H18FN7O2. The molecule has 1 aliphatic rings. The molecule has 2 atom stereocenters. The first-order valence-electron chi connectivity index (χ1n) is 8.44. The van der Waals surface area contributed by atoms with Gasteiger partial charge in [-0.1, -0.05) is 6.07 Å². The number of carbonyl (C=O) groups is 1. The van der Waals surface area contributed by atoms with Gasteiger partial charge in [-0.3, -0.25) is 15.0 Å². The number of halogens is 1. The molecule has 0 radical (unpaired) electrons. The first kappa shape index (κ1) is 17.0. The van der Waals surface area contributed by atoms with Crippen molar-refractivity contribution in [1.82, 2.24) is 24.6 Å². The Hall–Kier alpha value is -3.43. The van der Waals surface area contributed by atoms with Crippen molar-refractivity contribution in [3.8, 4) is 0 Å². The fourth-order valence-corrected chi connectivity index (χ4v) is 2.73. The van der Waals surface area contributed by atoms with Crippen molar-refractivity contribution in [2.24, 2.45) is 0 Å². The van der Waals surface area contributed by atoms with Crippen LogP contribution in [0.4, 0.5) is 15.9 Å². The zero-order chi connectivity index (χ0) is 19.1. The fourth-order valence-electron chi connectivity index (χ4n) is 2.73. The molecule has 3 heterocycles. The number of alkyl halides is 1. The van der Waals surface area contributed by atoms with E-state index in [0.29, 0.717) is 29.1 Å². The third-order valence-electron chi connectivity index (χ3n) is 4.37. The van der Waals surface area contributed by atoms with Crippen LogP contribution in [-0.2, 0) is 0 Å². The molecule has 1 aliphatic carbocycles. The second-order valence-corrected chi connectivity index (χ2v) is 6.38. The summed E-state index contributed by atoms with van der Waals surface area (Å²) in [6.07, 6.45) is 2.28. The van der Waals surface area contributed by atoms with Crippen molar-refractivity contribution in [2.75, 3.05) is 17.8 Å². The highest BCUT2D eigenvalue weighted by molar-refractivity contribution is 5.94. The largest absolute Gasteiger partial charge is 0.385 e. The Morgan fingerprint density at radius 2 is 2.19 bits per heavy atom. The van der Waals surface area contributed by atoms with E-state index in [1.807, 2.05) is 0 Å². The van der Waals surface area contributed by atoms with Crippen molar-refractivity contribution in [3.05, 3.63) is 52.2 Å². The topological polar surface area (TPSA) is 105 Å². The highest BCUT2D eigenvalue weighted by Crippen LogP contribution is 2.26. The van der Waals surface area contributed by atoms with E-state index in [2.05, 4.69) is 26.1 Å². The van der Waals surface area contributed by atoms with E-state index in [1.165, 1.54) is 15.4 Å². The van der Waals surface area contributed by atoms with Gasteiger partial charge in [0.05, 0.1) is 17.9 Å². The first-order chi connectivity index (χ1) is 13.0. The number of pyridine rings is 1. The van der Waals surface area contributed by atoms with Crippen LogP contribution >= 0.6 is 0 Å². The monoisotopic (exact) mass is 371 g/mol. The molecule has 10 heteroatoms. The molecule has 140 valence electrons. The fraction of sp³-hybridized carbons (Fsp3) is 0.294. The number of imidazole rings is 1. The van der Waals surface area contributed by atoms with E-state index in [-0.39, 0.29) is 11.3 Å². The molecule has 9 nitrogen and oxygen atoms in total.